The van der Waals surface area contributed by atoms with Crippen molar-refractivity contribution in [3.63, 3.8) is 0 Å². The summed E-state index contributed by atoms with van der Waals surface area (Å²) < 4.78 is 27.2. The van der Waals surface area contributed by atoms with Crippen molar-refractivity contribution in [3.8, 4) is 0 Å². The van der Waals surface area contributed by atoms with Gasteiger partial charge in [0.25, 0.3) is 0 Å². The molecule has 2 N–H and O–H groups in total. The molecule has 0 spiro atoms. The fraction of sp³-hybridized carbons (Fsp3) is 0.611. The minimum absolute atomic E-state index is 0.0132. The van der Waals surface area contributed by atoms with Crippen LogP contribution in [0, 0.1) is 0 Å². The Hall–Kier alpha value is -1.25. The first-order valence-corrected chi connectivity index (χ1v) is 11.6. The lowest BCUT2D eigenvalue weighted by atomic mass is 10.2. The quantitative estimate of drug-likeness (QED) is 0.542. The SMILES string of the molecule is CCNC(=NCCS(=O)(=O)NCc1ccccc1)N1CCSC(C)(C)C1. The molecule has 1 aromatic rings. The average Bonchev–Trinajstić information content (AvgIpc) is 2.59. The Labute approximate surface area is 161 Å². The predicted octanol–water partition coefficient (Wildman–Crippen LogP) is 1.90. The van der Waals surface area contributed by atoms with Gasteiger partial charge in [0.2, 0.25) is 10.0 Å². The summed E-state index contributed by atoms with van der Waals surface area (Å²) in [4.78, 5) is 6.77. The monoisotopic (exact) mass is 398 g/mol. The molecule has 1 aromatic carbocycles. The van der Waals surface area contributed by atoms with E-state index in [1.165, 1.54) is 0 Å². The largest absolute Gasteiger partial charge is 0.357 e. The summed E-state index contributed by atoms with van der Waals surface area (Å²) in [5.41, 5.74) is 0.945. The highest BCUT2D eigenvalue weighted by molar-refractivity contribution is 8.00. The van der Waals surface area contributed by atoms with Crippen LogP contribution in [0.1, 0.15) is 26.3 Å². The summed E-state index contributed by atoms with van der Waals surface area (Å²) in [6, 6.07) is 9.51. The summed E-state index contributed by atoms with van der Waals surface area (Å²) >= 11 is 1.96. The zero-order chi connectivity index (χ0) is 19.0. The molecule has 0 bridgehead atoms. The first-order chi connectivity index (χ1) is 12.3. The van der Waals surface area contributed by atoms with E-state index in [-0.39, 0.29) is 17.0 Å². The summed E-state index contributed by atoms with van der Waals surface area (Å²) in [6.45, 7) is 9.64. The molecule has 1 fully saturated rings. The van der Waals surface area contributed by atoms with Crippen molar-refractivity contribution in [2.24, 2.45) is 4.99 Å². The lowest BCUT2D eigenvalue weighted by Crippen LogP contribution is -2.51. The molecule has 2 rings (SSSR count). The highest BCUT2D eigenvalue weighted by Crippen LogP contribution is 2.29. The normalized spacial score (nSPS) is 18.0. The van der Waals surface area contributed by atoms with Crippen molar-refractivity contribution >= 4 is 27.7 Å². The fourth-order valence-corrected chi connectivity index (χ4v) is 4.73. The van der Waals surface area contributed by atoms with E-state index < -0.39 is 10.0 Å². The molecular weight excluding hydrogens is 368 g/mol. The Morgan fingerprint density at radius 2 is 2.04 bits per heavy atom. The highest BCUT2D eigenvalue weighted by atomic mass is 32.2. The van der Waals surface area contributed by atoms with Crippen LogP contribution in [0.25, 0.3) is 0 Å². The molecule has 1 aliphatic heterocycles. The minimum Gasteiger partial charge on any atom is -0.357 e. The number of sulfonamides is 1. The van der Waals surface area contributed by atoms with E-state index in [1.54, 1.807) is 0 Å². The molecule has 1 aliphatic rings. The van der Waals surface area contributed by atoms with Gasteiger partial charge >= 0.3 is 0 Å². The van der Waals surface area contributed by atoms with Crippen LogP contribution in [-0.4, -0.2) is 61.7 Å². The first-order valence-electron chi connectivity index (χ1n) is 9.00. The zero-order valence-corrected chi connectivity index (χ0v) is 17.5. The van der Waals surface area contributed by atoms with Gasteiger partial charge in [-0.1, -0.05) is 30.3 Å². The van der Waals surface area contributed by atoms with Crippen LogP contribution in [0.4, 0.5) is 0 Å². The van der Waals surface area contributed by atoms with Gasteiger partial charge in [-0.25, -0.2) is 13.1 Å². The maximum atomic E-state index is 12.2. The number of thioether (sulfide) groups is 1. The Kier molecular flexibility index (Phi) is 7.79. The maximum absolute atomic E-state index is 12.2. The molecule has 8 heteroatoms. The van der Waals surface area contributed by atoms with Gasteiger partial charge in [-0.3, -0.25) is 4.99 Å². The summed E-state index contributed by atoms with van der Waals surface area (Å²) in [5.74, 6) is 1.84. The molecule has 0 saturated carbocycles. The van der Waals surface area contributed by atoms with Crippen LogP contribution >= 0.6 is 11.8 Å². The third kappa shape index (κ3) is 7.17. The van der Waals surface area contributed by atoms with E-state index in [0.717, 1.165) is 36.9 Å². The Bertz CT molecular complexity index is 690. The number of benzene rings is 1. The number of rotatable bonds is 7. The predicted molar refractivity (Wildman–Crippen MR) is 111 cm³/mol. The molecule has 0 aromatic heterocycles. The van der Waals surface area contributed by atoms with Crippen LogP contribution in [0.2, 0.25) is 0 Å². The van der Waals surface area contributed by atoms with E-state index in [0.29, 0.717) is 6.54 Å². The van der Waals surface area contributed by atoms with Gasteiger partial charge in [-0.15, -0.1) is 0 Å². The second-order valence-corrected chi connectivity index (χ2v) is 10.6. The number of hydrogen-bond donors (Lipinski definition) is 2. The van der Waals surface area contributed by atoms with E-state index in [2.05, 4.69) is 33.8 Å². The summed E-state index contributed by atoms with van der Waals surface area (Å²) in [5, 5.41) is 3.29. The number of aliphatic imine (C=N–C) groups is 1. The van der Waals surface area contributed by atoms with Crippen LogP contribution in [0.5, 0.6) is 0 Å². The lowest BCUT2D eigenvalue weighted by molar-refractivity contribution is 0.376. The smallest absolute Gasteiger partial charge is 0.213 e. The molecule has 146 valence electrons. The third-order valence-electron chi connectivity index (χ3n) is 4.02. The van der Waals surface area contributed by atoms with Gasteiger partial charge in [0.1, 0.15) is 0 Å². The van der Waals surface area contributed by atoms with Crippen molar-refractivity contribution in [2.75, 3.05) is 37.7 Å². The van der Waals surface area contributed by atoms with E-state index in [4.69, 9.17) is 0 Å². The van der Waals surface area contributed by atoms with Crippen molar-refractivity contribution in [1.29, 1.82) is 0 Å². The number of guanidine groups is 1. The molecule has 0 atom stereocenters. The van der Waals surface area contributed by atoms with Gasteiger partial charge in [-0.2, -0.15) is 11.8 Å². The number of hydrogen-bond acceptors (Lipinski definition) is 4. The Balaban J connectivity index is 1.90. The summed E-state index contributed by atoms with van der Waals surface area (Å²) in [6.07, 6.45) is 0. The van der Waals surface area contributed by atoms with Crippen LogP contribution in [0.15, 0.2) is 35.3 Å². The van der Waals surface area contributed by atoms with Crippen molar-refractivity contribution in [3.05, 3.63) is 35.9 Å². The third-order valence-corrected chi connectivity index (χ3v) is 6.62. The maximum Gasteiger partial charge on any atom is 0.213 e. The topological polar surface area (TPSA) is 73.8 Å². The second-order valence-electron chi connectivity index (χ2n) is 6.89. The molecule has 6 nitrogen and oxygen atoms in total. The molecule has 0 unspecified atom stereocenters. The molecule has 0 amide bonds. The zero-order valence-electron chi connectivity index (χ0n) is 15.9. The summed E-state index contributed by atoms with van der Waals surface area (Å²) in [7, 11) is -3.35. The molecule has 1 heterocycles. The molecule has 0 radical (unpaired) electrons. The van der Waals surface area contributed by atoms with Gasteiger partial charge in [0.15, 0.2) is 5.96 Å². The Morgan fingerprint density at radius 1 is 1.31 bits per heavy atom. The lowest BCUT2D eigenvalue weighted by Gasteiger charge is -2.39. The van der Waals surface area contributed by atoms with Crippen molar-refractivity contribution in [2.45, 2.75) is 32.1 Å². The molecule has 0 aliphatic carbocycles. The number of nitrogens with one attached hydrogen (secondary N) is 2. The first kappa shape index (κ1) is 21.1. The Morgan fingerprint density at radius 3 is 2.69 bits per heavy atom. The van der Waals surface area contributed by atoms with E-state index in [9.17, 15) is 8.42 Å². The minimum atomic E-state index is -3.35. The molecule has 26 heavy (non-hydrogen) atoms. The fourth-order valence-electron chi connectivity index (χ4n) is 2.76. The molecule has 1 saturated heterocycles. The van der Waals surface area contributed by atoms with Gasteiger partial charge in [0.05, 0.1) is 12.3 Å². The van der Waals surface area contributed by atoms with E-state index in [1.807, 2.05) is 49.0 Å². The highest BCUT2D eigenvalue weighted by Gasteiger charge is 2.28. The van der Waals surface area contributed by atoms with Gasteiger partial charge in [-0.05, 0) is 26.3 Å². The second kappa shape index (κ2) is 9.62. The number of nitrogens with zero attached hydrogens (tertiary/aromatic N) is 2. The van der Waals surface area contributed by atoms with E-state index >= 15 is 0 Å². The van der Waals surface area contributed by atoms with Crippen LogP contribution in [-0.2, 0) is 16.6 Å². The van der Waals surface area contributed by atoms with Crippen molar-refractivity contribution in [1.82, 2.24) is 14.9 Å². The van der Waals surface area contributed by atoms with Crippen molar-refractivity contribution < 1.29 is 8.42 Å². The van der Waals surface area contributed by atoms with Gasteiger partial charge < -0.3 is 10.2 Å². The standard InChI is InChI=1S/C18H30N4O2S2/c1-4-19-17(22-11-12-25-18(2,3)15-22)20-10-13-26(23,24)21-14-16-8-6-5-7-9-16/h5-9,21H,4,10-15H2,1-3H3,(H,19,20). The average molecular weight is 399 g/mol. The molecular formula is C18H30N4O2S2. The van der Waals surface area contributed by atoms with Crippen LogP contribution < -0.4 is 10.0 Å². The van der Waals surface area contributed by atoms with Gasteiger partial charge in [0, 0.05) is 36.7 Å². The van der Waals surface area contributed by atoms with Crippen LogP contribution in [0.3, 0.4) is 0 Å².